The van der Waals surface area contributed by atoms with Crippen LogP contribution in [0.15, 0.2) is 47.6 Å². The molecule has 0 saturated heterocycles. The summed E-state index contributed by atoms with van der Waals surface area (Å²) in [6.07, 6.45) is 2.84. The van der Waals surface area contributed by atoms with Crippen LogP contribution in [0.1, 0.15) is 25.8 Å². The highest BCUT2D eigenvalue weighted by atomic mass is 127. The third-order valence-corrected chi connectivity index (χ3v) is 3.39. The minimum Gasteiger partial charge on any atom is -0.490 e. The number of para-hydroxylation sites is 2. The summed E-state index contributed by atoms with van der Waals surface area (Å²) in [5.74, 6) is 2.69. The second-order valence-corrected chi connectivity index (χ2v) is 5.34. The first kappa shape index (κ1) is 22.0. The van der Waals surface area contributed by atoms with Crippen LogP contribution in [-0.2, 0) is 6.54 Å². The fraction of sp³-hybridized carbons (Fsp3) is 0.368. The molecule has 7 heteroatoms. The first-order valence-corrected chi connectivity index (χ1v) is 8.56. The fourth-order valence-corrected chi connectivity index (χ4v) is 2.15. The van der Waals surface area contributed by atoms with Crippen molar-refractivity contribution in [3.05, 3.63) is 48.2 Å². The van der Waals surface area contributed by atoms with Crippen molar-refractivity contribution >= 4 is 29.9 Å². The lowest BCUT2D eigenvalue weighted by Crippen LogP contribution is -2.37. The number of rotatable bonds is 8. The van der Waals surface area contributed by atoms with Gasteiger partial charge < -0.3 is 20.1 Å². The number of benzene rings is 1. The molecule has 1 aromatic carbocycles. The minimum atomic E-state index is 0. The highest BCUT2D eigenvalue weighted by Crippen LogP contribution is 2.30. The van der Waals surface area contributed by atoms with Gasteiger partial charge in [0.1, 0.15) is 0 Å². The van der Waals surface area contributed by atoms with E-state index >= 15 is 0 Å². The van der Waals surface area contributed by atoms with Gasteiger partial charge in [-0.3, -0.25) is 4.99 Å². The summed E-state index contributed by atoms with van der Waals surface area (Å²) >= 11 is 0. The van der Waals surface area contributed by atoms with E-state index in [1.54, 1.807) is 13.2 Å². The second kappa shape index (κ2) is 12.3. The predicted octanol–water partition coefficient (Wildman–Crippen LogP) is 3.97. The Labute approximate surface area is 172 Å². The molecule has 0 bridgehead atoms. The lowest BCUT2D eigenvalue weighted by atomic mass is 10.3. The molecule has 1 aromatic heterocycles. The van der Waals surface area contributed by atoms with Crippen LogP contribution in [0.2, 0.25) is 0 Å². The van der Waals surface area contributed by atoms with E-state index in [1.165, 1.54) is 0 Å². The number of hydrogen-bond acceptors (Lipinski definition) is 4. The van der Waals surface area contributed by atoms with Crippen LogP contribution < -0.4 is 20.1 Å². The van der Waals surface area contributed by atoms with Gasteiger partial charge in [0.2, 0.25) is 5.88 Å². The van der Waals surface area contributed by atoms with Crippen molar-refractivity contribution in [3.8, 4) is 17.4 Å². The van der Waals surface area contributed by atoms with E-state index in [4.69, 9.17) is 9.47 Å². The molecule has 2 rings (SSSR count). The Kier molecular flexibility index (Phi) is 10.5. The molecule has 0 saturated carbocycles. The highest BCUT2D eigenvalue weighted by molar-refractivity contribution is 14.0. The molecule has 1 heterocycles. The number of nitrogens with one attached hydrogen (secondary N) is 2. The number of guanidine groups is 1. The van der Waals surface area contributed by atoms with Crippen molar-refractivity contribution in [1.29, 1.82) is 0 Å². The number of hydrogen-bond donors (Lipinski definition) is 2. The maximum atomic E-state index is 5.82. The lowest BCUT2D eigenvalue weighted by Gasteiger charge is -2.12. The van der Waals surface area contributed by atoms with Crippen LogP contribution in [0, 0.1) is 0 Å². The number of aromatic nitrogens is 1. The second-order valence-electron chi connectivity index (χ2n) is 5.34. The zero-order valence-electron chi connectivity index (χ0n) is 15.5. The van der Waals surface area contributed by atoms with Crippen LogP contribution in [0.3, 0.4) is 0 Å². The molecule has 0 atom stereocenters. The number of ether oxygens (including phenoxy) is 2. The van der Waals surface area contributed by atoms with Crippen molar-refractivity contribution in [2.75, 3.05) is 20.2 Å². The van der Waals surface area contributed by atoms with E-state index in [0.717, 1.165) is 24.5 Å². The van der Waals surface area contributed by atoms with Gasteiger partial charge in [0.05, 0.1) is 6.61 Å². The molecule has 0 amide bonds. The number of aliphatic imine (C=N–C) groups is 1. The van der Waals surface area contributed by atoms with Gasteiger partial charge in [-0.2, -0.15) is 0 Å². The van der Waals surface area contributed by atoms with Crippen molar-refractivity contribution in [2.24, 2.45) is 4.99 Å². The quantitative estimate of drug-likeness (QED) is 0.347. The van der Waals surface area contributed by atoms with Crippen LogP contribution in [-0.4, -0.2) is 31.1 Å². The summed E-state index contributed by atoms with van der Waals surface area (Å²) in [7, 11) is 1.76. The molecule has 26 heavy (non-hydrogen) atoms. The Bertz CT molecular complexity index is 677. The van der Waals surface area contributed by atoms with Gasteiger partial charge in [-0.15, -0.1) is 24.0 Å². The third-order valence-electron chi connectivity index (χ3n) is 3.39. The molecule has 0 unspecified atom stereocenters. The minimum absolute atomic E-state index is 0. The van der Waals surface area contributed by atoms with E-state index in [2.05, 4.69) is 27.5 Å². The van der Waals surface area contributed by atoms with Gasteiger partial charge >= 0.3 is 0 Å². The van der Waals surface area contributed by atoms with Gasteiger partial charge in [0.15, 0.2) is 17.5 Å². The first-order valence-electron chi connectivity index (χ1n) is 8.56. The van der Waals surface area contributed by atoms with Gasteiger partial charge in [-0.25, -0.2) is 4.98 Å². The van der Waals surface area contributed by atoms with E-state index in [1.807, 2.05) is 43.3 Å². The largest absolute Gasteiger partial charge is 0.490 e. The molecule has 2 N–H and O–H groups in total. The summed E-state index contributed by atoms with van der Waals surface area (Å²) < 4.78 is 11.4. The molecular weight excluding hydrogens is 443 g/mol. The lowest BCUT2D eigenvalue weighted by molar-refractivity contribution is 0.319. The van der Waals surface area contributed by atoms with Gasteiger partial charge in [-0.1, -0.05) is 25.1 Å². The SMILES string of the molecule is CCCNC(=NC)NCc1ccc(Oc2ccccc2OCC)nc1.I. The summed E-state index contributed by atoms with van der Waals surface area (Å²) in [6.45, 7) is 6.19. The molecule has 0 aliphatic rings. The van der Waals surface area contributed by atoms with E-state index in [-0.39, 0.29) is 24.0 Å². The first-order chi connectivity index (χ1) is 12.3. The third kappa shape index (κ3) is 7.07. The molecule has 142 valence electrons. The average molecular weight is 470 g/mol. The van der Waals surface area contributed by atoms with Crippen LogP contribution in [0.25, 0.3) is 0 Å². The summed E-state index contributed by atoms with van der Waals surface area (Å²) in [4.78, 5) is 8.54. The predicted molar refractivity (Wildman–Crippen MR) is 116 cm³/mol. The summed E-state index contributed by atoms with van der Waals surface area (Å²) in [5.41, 5.74) is 1.05. The molecule has 2 aromatic rings. The van der Waals surface area contributed by atoms with Crippen LogP contribution in [0.5, 0.6) is 17.4 Å². The van der Waals surface area contributed by atoms with E-state index in [9.17, 15) is 0 Å². The Morgan fingerprint density at radius 3 is 2.46 bits per heavy atom. The van der Waals surface area contributed by atoms with Crippen molar-refractivity contribution in [2.45, 2.75) is 26.8 Å². The van der Waals surface area contributed by atoms with Crippen molar-refractivity contribution in [1.82, 2.24) is 15.6 Å². The Balaban J connectivity index is 0.00000338. The van der Waals surface area contributed by atoms with Crippen LogP contribution in [0.4, 0.5) is 0 Å². The summed E-state index contributed by atoms with van der Waals surface area (Å²) in [6, 6.07) is 11.4. The standard InChI is InChI=1S/C19H26N4O2.HI/c1-4-12-21-19(20-3)23-14-15-10-11-18(22-13-15)25-17-9-7-6-8-16(17)24-5-2;/h6-11,13H,4-5,12,14H2,1-3H3,(H2,20,21,23);1H. The van der Waals surface area contributed by atoms with E-state index < -0.39 is 0 Å². The summed E-state index contributed by atoms with van der Waals surface area (Å²) in [5, 5.41) is 6.49. The normalized spacial score (nSPS) is 10.7. The highest BCUT2D eigenvalue weighted by Gasteiger charge is 2.06. The van der Waals surface area contributed by atoms with Crippen LogP contribution >= 0.6 is 24.0 Å². The maximum Gasteiger partial charge on any atom is 0.219 e. The smallest absolute Gasteiger partial charge is 0.219 e. The number of pyridine rings is 1. The van der Waals surface area contributed by atoms with Crippen molar-refractivity contribution < 1.29 is 9.47 Å². The maximum absolute atomic E-state index is 5.82. The molecule has 0 fully saturated rings. The monoisotopic (exact) mass is 470 g/mol. The van der Waals surface area contributed by atoms with Gasteiger partial charge in [0, 0.05) is 32.4 Å². The van der Waals surface area contributed by atoms with Gasteiger partial charge in [-0.05, 0) is 31.0 Å². The Morgan fingerprint density at radius 1 is 1.08 bits per heavy atom. The molecule has 0 radical (unpaired) electrons. The van der Waals surface area contributed by atoms with E-state index in [0.29, 0.717) is 30.5 Å². The topological polar surface area (TPSA) is 67.8 Å². The Morgan fingerprint density at radius 2 is 1.85 bits per heavy atom. The molecular formula is C19H27IN4O2. The van der Waals surface area contributed by atoms with Gasteiger partial charge in [0.25, 0.3) is 0 Å². The number of nitrogens with zero attached hydrogens (tertiary/aromatic N) is 2. The molecule has 6 nitrogen and oxygen atoms in total. The Hall–Kier alpha value is -2.03. The number of halogens is 1. The van der Waals surface area contributed by atoms with Crippen molar-refractivity contribution in [3.63, 3.8) is 0 Å². The average Bonchev–Trinajstić information content (AvgIpc) is 2.65. The molecule has 0 aliphatic carbocycles. The molecule has 0 spiro atoms. The molecule has 0 aliphatic heterocycles. The zero-order chi connectivity index (χ0) is 17.9. The fourth-order valence-electron chi connectivity index (χ4n) is 2.15. The zero-order valence-corrected chi connectivity index (χ0v) is 17.8.